The van der Waals surface area contributed by atoms with E-state index in [9.17, 15) is 4.79 Å². The Kier molecular flexibility index (Phi) is 3.16. The minimum Gasteiger partial charge on any atom is -0.460 e. The molecule has 7 nitrogen and oxygen atoms in total. The van der Waals surface area contributed by atoms with Gasteiger partial charge < -0.3 is 14.2 Å². The number of aromatic nitrogens is 3. The van der Waals surface area contributed by atoms with Crippen LogP contribution in [0.3, 0.4) is 0 Å². The van der Waals surface area contributed by atoms with Crippen LogP contribution in [-0.4, -0.2) is 40.9 Å². The molecule has 1 saturated heterocycles. The lowest BCUT2D eigenvalue weighted by Gasteiger charge is -2.04. The van der Waals surface area contributed by atoms with Crippen molar-refractivity contribution in [2.45, 2.75) is 6.10 Å². The van der Waals surface area contributed by atoms with E-state index in [1.807, 2.05) is 0 Å². The van der Waals surface area contributed by atoms with Crippen molar-refractivity contribution in [3.8, 4) is 12.0 Å². The van der Waals surface area contributed by atoms with Gasteiger partial charge in [-0.1, -0.05) is 12.7 Å². The normalized spacial score (nSPS) is 17.9. The lowest BCUT2D eigenvalue weighted by Crippen LogP contribution is -2.17. The molecular weight excluding hydrogens is 214 g/mol. The van der Waals surface area contributed by atoms with Crippen LogP contribution in [0.5, 0.6) is 12.0 Å². The number of ether oxygens (including phenoxy) is 3. The molecule has 0 spiro atoms. The van der Waals surface area contributed by atoms with Crippen LogP contribution in [0.2, 0.25) is 0 Å². The molecule has 1 aromatic heterocycles. The molecule has 1 fully saturated rings. The fourth-order valence-electron chi connectivity index (χ4n) is 0.949. The van der Waals surface area contributed by atoms with Crippen molar-refractivity contribution in [2.24, 2.45) is 0 Å². The van der Waals surface area contributed by atoms with Crippen molar-refractivity contribution in [1.29, 1.82) is 0 Å². The minimum atomic E-state index is -0.569. The summed E-state index contributed by atoms with van der Waals surface area (Å²) in [7, 11) is 0. The van der Waals surface area contributed by atoms with Gasteiger partial charge in [-0.3, -0.25) is 4.98 Å². The first-order chi connectivity index (χ1) is 7.78. The molecule has 2 rings (SSSR count). The van der Waals surface area contributed by atoms with E-state index in [2.05, 4.69) is 21.5 Å². The average molecular weight is 225 g/mol. The standard InChI is InChI=1S/C9H11N3O4/c1-2-3-14-8-10-7(13)11-9(12-8)16-5-6-4-15-6/h2,6H,1,3-5H2,(H,10,11,12,13). The molecular formula is C9H11N3O4. The Balaban J connectivity index is 2.01. The third kappa shape index (κ3) is 3.06. The van der Waals surface area contributed by atoms with Gasteiger partial charge in [0.05, 0.1) is 6.61 Å². The summed E-state index contributed by atoms with van der Waals surface area (Å²) in [5.74, 6) is 0. The predicted octanol–water partition coefficient (Wildman–Crippen LogP) is -0.493. The van der Waals surface area contributed by atoms with Gasteiger partial charge in [0.15, 0.2) is 0 Å². The molecule has 1 aromatic rings. The second kappa shape index (κ2) is 4.75. The number of aromatic amines is 1. The molecule has 1 unspecified atom stereocenters. The molecule has 1 aliphatic rings. The van der Waals surface area contributed by atoms with Gasteiger partial charge in [0, 0.05) is 0 Å². The molecule has 0 radical (unpaired) electrons. The van der Waals surface area contributed by atoms with Crippen LogP contribution in [0.4, 0.5) is 0 Å². The van der Waals surface area contributed by atoms with Crippen LogP contribution in [0.15, 0.2) is 17.4 Å². The van der Waals surface area contributed by atoms with E-state index < -0.39 is 5.69 Å². The summed E-state index contributed by atoms with van der Waals surface area (Å²) in [6.07, 6.45) is 1.62. The van der Waals surface area contributed by atoms with Gasteiger partial charge in [-0.15, -0.1) is 9.97 Å². The Bertz CT molecular complexity index is 427. The molecule has 2 heterocycles. The Morgan fingerprint density at radius 1 is 1.56 bits per heavy atom. The van der Waals surface area contributed by atoms with Crippen LogP contribution in [-0.2, 0) is 4.74 Å². The summed E-state index contributed by atoms with van der Waals surface area (Å²) < 4.78 is 15.2. The molecule has 0 saturated carbocycles. The highest BCUT2D eigenvalue weighted by atomic mass is 16.6. The van der Waals surface area contributed by atoms with Gasteiger partial charge in [0.2, 0.25) is 0 Å². The number of hydrogen-bond donors (Lipinski definition) is 1. The maximum Gasteiger partial charge on any atom is 0.353 e. The van der Waals surface area contributed by atoms with Crippen LogP contribution in [0, 0.1) is 0 Å². The molecule has 0 aromatic carbocycles. The molecule has 0 bridgehead atoms. The summed E-state index contributed by atoms with van der Waals surface area (Å²) in [4.78, 5) is 20.8. The van der Waals surface area contributed by atoms with Gasteiger partial charge in [0.1, 0.15) is 19.3 Å². The number of nitrogens with one attached hydrogen (secondary N) is 1. The topological polar surface area (TPSA) is 89.6 Å². The van der Waals surface area contributed by atoms with Gasteiger partial charge in [-0.25, -0.2) is 4.79 Å². The van der Waals surface area contributed by atoms with Crippen molar-refractivity contribution < 1.29 is 14.2 Å². The number of H-pyrrole nitrogens is 1. The van der Waals surface area contributed by atoms with E-state index in [0.717, 1.165) is 0 Å². The van der Waals surface area contributed by atoms with Crippen LogP contribution >= 0.6 is 0 Å². The largest absolute Gasteiger partial charge is 0.460 e. The highest BCUT2D eigenvalue weighted by molar-refractivity contribution is 5.00. The SMILES string of the molecule is C=CCOc1nc(OCC2CO2)nc(=O)[nH]1. The zero-order valence-corrected chi connectivity index (χ0v) is 8.51. The third-order valence-electron chi connectivity index (χ3n) is 1.75. The Morgan fingerprint density at radius 2 is 2.38 bits per heavy atom. The van der Waals surface area contributed by atoms with E-state index in [0.29, 0.717) is 13.2 Å². The lowest BCUT2D eigenvalue weighted by atomic mass is 10.5. The fraction of sp³-hybridized carbons (Fsp3) is 0.444. The van der Waals surface area contributed by atoms with E-state index >= 15 is 0 Å². The zero-order chi connectivity index (χ0) is 11.4. The van der Waals surface area contributed by atoms with Crippen molar-refractivity contribution >= 4 is 0 Å². The van der Waals surface area contributed by atoms with Crippen molar-refractivity contribution in [3.05, 3.63) is 23.1 Å². The van der Waals surface area contributed by atoms with Crippen molar-refractivity contribution in [2.75, 3.05) is 19.8 Å². The molecule has 1 aliphatic heterocycles. The Labute approximate surface area is 91.1 Å². The minimum absolute atomic E-state index is 0.0155. The second-order valence-electron chi connectivity index (χ2n) is 3.11. The first kappa shape index (κ1) is 10.6. The highest BCUT2D eigenvalue weighted by Crippen LogP contribution is 2.11. The van der Waals surface area contributed by atoms with Crippen LogP contribution in [0.1, 0.15) is 0 Å². The molecule has 1 atom stereocenters. The molecule has 86 valence electrons. The summed E-state index contributed by atoms with van der Waals surface area (Å²) in [6, 6.07) is 0.0462. The average Bonchev–Trinajstić information content (AvgIpc) is 3.07. The van der Waals surface area contributed by atoms with Gasteiger partial charge in [-0.05, 0) is 0 Å². The summed E-state index contributed by atoms with van der Waals surface area (Å²) >= 11 is 0. The smallest absolute Gasteiger partial charge is 0.353 e. The highest BCUT2D eigenvalue weighted by Gasteiger charge is 2.23. The maximum absolute atomic E-state index is 11.1. The molecule has 7 heteroatoms. The third-order valence-corrected chi connectivity index (χ3v) is 1.75. The number of hydrogen-bond acceptors (Lipinski definition) is 6. The second-order valence-corrected chi connectivity index (χ2v) is 3.11. The number of nitrogens with zero attached hydrogens (tertiary/aromatic N) is 2. The summed E-state index contributed by atoms with van der Waals surface area (Å²) in [6.45, 7) is 4.74. The van der Waals surface area contributed by atoms with E-state index in [-0.39, 0.29) is 24.7 Å². The van der Waals surface area contributed by atoms with Gasteiger partial charge in [-0.2, -0.15) is 0 Å². The van der Waals surface area contributed by atoms with Gasteiger partial charge >= 0.3 is 17.7 Å². The van der Waals surface area contributed by atoms with E-state index in [1.54, 1.807) is 6.08 Å². The number of epoxide rings is 1. The molecule has 0 amide bonds. The summed E-state index contributed by atoms with van der Waals surface area (Å²) in [5.41, 5.74) is -0.569. The van der Waals surface area contributed by atoms with E-state index in [1.165, 1.54) is 0 Å². The first-order valence-electron chi connectivity index (χ1n) is 4.74. The summed E-state index contributed by atoms with van der Waals surface area (Å²) in [5, 5.41) is 0. The van der Waals surface area contributed by atoms with Crippen molar-refractivity contribution in [3.63, 3.8) is 0 Å². The monoisotopic (exact) mass is 225 g/mol. The molecule has 16 heavy (non-hydrogen) atoms. The van der Waals surface area contributed by atoms with Crippen LogP contribution in [0.25, 0.3) is 0 Å². The van der Waals surface area contributed by atoms with Crippen molar-refractivity contribution in [1.82, 2.24) is 15.0 Å². The molecule has 0 aliphatic carbocycles. The Hall–Kier alpha value is -1.89. The fourth-order valence-corrected chi connectivity index (χ4v) is 0.949. The quantitative estimate of drug-likeness (QED) is 0.519. The Morgan fingerprint density at radius 3 is 3.06 bits per heavy atom. The zero-order valence-electron chi connectivity index (χ0n) is 8.51. The molecule has 1 N–H and O–H groups in total. The number of rotatable bonds is 6. The predicted molar refractivity (Wildman–Crippen MR) is 53.6 cm³/mol. The van der Waals surface area contributed by atoms with E-state index in [4.69, 9.17) is 14.2 Å². The first-order valence-corrected chi connectivity index (χ1v) is 4.74. The lowest BCUT2D eigenvalue weighted by molar-refractivity contribution is 0.238. The van der Waals surface area contributed by atoms with Gasteiger partial charge in [0.25, 0.3) is 0 Å². The van der Waals surface area contributed by atoms with Crippen LogP contribution < -0.4 is 15.2 Å². The maximum atomic E-state index is 11.1.